The highest BCUT2D eigenvalue weighted by Gasteiger charge is 2.37. The highest BCUT2D eigenvalue weighted by molar-refractivity contribution is 6.42. The van der Waals surface area contributed by atoms with Gasteiger partial charge in [-0.1, -0.05) is 41.4 Å². The Morgan fingerprint density at radius 3 is 2.72 bits per heavy atom. The summed E-state index contributed by atoms with van der Waals surface area (Å²) in [5.74, 6) is -0.569. The van der Waals surface area contributed by atoms with Crippen LogP contribution in [0.4, 0.5) is 0 Å². The van der Waals surface area contributed by atoms with Crippen molar-refractivity contribution in [1.29, 1.82) is 10.7 Å². The van der Waals surface area contributed by atoms with E-state index >= 15 is 0 Å². The van der Waals surface area contributed by atoms with Crippen LogP contribution in [0.5, 0.6) is 5.75 Å². The minimum absolute atomic E-state index is 0.0737. The molecule has 2 heterocycles. The molecule has 0 spiro atoms. The summed E-state index contributed by atoms with van der Waals surface area (Å²) in [6, 6.07) is 13.2. The van der Waals surface area contributed by atoms with Gasteiger partial charge in [0.15, 0.2) is 0 Å². The van der Waals surface area contributed by atoms with Crippen LogP contribution in [-0.2, 0) is 0 Å². The molecule has 1 N–H and O–H groups in total. The zero-order chi connectivity index (χ0) is 17.6. The van der Waals surface area contributed by atoms with Gasteiger partial charge < -0.3 is 4.74 Å². The lowest BCUT2D eigenvalue weighted by Gasteiger charge is -2.31. The van der Waals surface area contributed by atoms with E-state index in [9.17, 15) is 5.26 Å². The summed E-state index contributed by atoms with van der Waals surface area (Å²) in [6.07, 6.45) is 3.42. The topological polar surface area (TPSA) is 69.8 Å². The van der Waals surface area contributed by atoms with Gasteiger partial charge in [-0.25, -0.2) is 0 Å². The van der Waals surface area contributed by atoms with E-state index in [1.165, 1.54) is 0 Å². The monoisotopic (exact) mass is 367 g/mol. The van der Waals surface area contributed by atoms with Gasteiger partial charge in [0.25, 0.3) is 0 Å². The number of pyridine rings is 1. The highest BCUT2D eigenvalue weighted by Crippen LogP contribution is 2.45. The summed E-state index contributed by atoms with van der Waals surface area (Å²) in [4.78, 5) is 4.12. The molecule has 0 aliphatic carbocycles. The largest absolute Gasteiger partial charge is 0.441 e. The lowest BCUT2D eigenvalue weighted by atomic mass is 9.78. The van der Waals surface area contributed by atoms with Crippen molar-refractivity contribution in [3.63, 3.8) is 0 Å². The number of hydrogen-bond acceptors (Lipinski definition) is 4. The molecule has 4 nitrogen and oxygen atoms in total. The molecule has 0 fully saturated rings. The minimum atomic E-state index is -0.732. The number of ether oxygens (including phenoxy) is 1. The molecule has 2 unspecified atom stereocenters. The highest BCUT2D eigenvalue weighted by atomic mass is 35.5. The lowest BCUT2D eigenvalue weighted by molar-refractivity contribution is 0.455. The normalized spacial score (nSPS) is 19.2. The molecule has 25 heavy (non-hydrogen) atoms. The summed E-state index contributed by atoms with van der Waals surface area (Å²) in [7, 11) is 0. The molecular weight excluding hydrogens is 357 g/mol. The first kappa shape index (κ1) is 15.9. The number of fused-ring (bicyclic) bond motifs is 3. The van der Waals surface area contributed by atoms with Crippen LogP contribution in [-0.4, -0.2) is 10.9 Å². The number of nitriles is 1. The van der Waals surface area contributed by atoms with Crippen molar-refractivity contribution < 1.29 is 4.74 Å². The van der Waals surface area contributed by atoms with Gasteiger partial charge in [0.2, 0.25) is 5.90 Å². The summed E-state index contributed by atoms with van der Waals surface area (Å²) >= 11 is 12.2. The van der Waals surface area contributed by atoms with Crippen LogP contribution in [0.25, 0.3) is 10.8 Å². The van der Waals surface area contributed by atoms with Gasteiger partial charge in [-0.3, -0.25) is 10.4 Å². The molecule has 4 rings (SSSR count). The zero-order valence-corrected chi connectivity index (χ0v) is 14.3. The van der Waals surface area contributed by atoms with E-state index < -0.39 is 5.92 Å². The number of nitrogens with one attached hydrogen (secondary N) is 1. The number of aromatic nitrogens is 1. The van der Waals surface area contributed by atoms with Crippen LogP contribution in [0.15, 0.2) is 48.8 Å². The van der Waals surface area contributed by atoms with Crippen LogP contribution in [0, 0.1) is 22.7 Å². The summed E-state index contributed by atoms with van der Waals surface area (Å²) in [5, 5.41) is 20.5. The van der Waals surface area contributed by atoms with Crippen molar-refractivity contribution in [1.82, 2.24) is 4.98 Å². The Balaban J connectivity index is 1.99. The minimum Gasteiger partial charge on any atom is -0.441 e. The van der Waals surface area contributed by atoms with Gasteiger partial charge in [0, 0.05) is 34.6 Å². The van der Waals surface area contributed by atoms with Gasteiger partial charge in [-0.05, 0) is 23.8 Å². The smallest absolute Gasteiger partial charge is 0.205 e. The van der Waals surface area contributed by atoms with Gasteiger partial charge in [0.1, 0.15) is 11.7 Å². The molecule has 0 radical (unpaired) electrons. The molecule has 0 amide bonds. The third kappa shape index (κ3) is 2.53. The van der Waals surface area contributed by atoms with E-state index in [1.54, 1.807) is 24.5 Å². The van der Waals surface area contributed by atoms with Crippen molar-refractivity contribution in [2.75, 3.05) is 0 Å². The maximum atomic E-state index is 9.62. The molecule has 0 saturated heterocycles. The predicted molar refractivity (Wildman–Crippen MR) is 97.5 cm³/mol. The average Bonchev–Trinajstić information content (AvgIpc) is 2.63. The second-order valence-electron chi connectivity index (χ2n) is 5.81. The van der Waals surface area contributed by atoms with Crippen molar-refractivity contribution in [3.05, 3.63) is 70.0 Å². The average molecular weight is 368 g/mol. The van der Waals surface area contributed by atoms with Crippen molar-refractivity contribution in [2.24, 2.45) is 5.92 Å². The van der Waals surface area contributed by atoms with E-state index in [0.29, 0.717) is 15.8 Å². The van der Waals surface area contributed by atoms with Crippen LogP contribution in [0.2, 0.25) is 10.0 Å². The number of halogens is 2. The Hall–Kier alpha value is -2.61. The van der Waals surface area contributed by atoms with Crippen molar-refractivity contribution in [2.45, 2.75) is 5.92 Å². The zero-order valence-electron chi connectivity index (χ0n) is 12.8. The lowest BCUT2D eigenvalue weighted by Crippen LogP contribution is -2.31. The van der Waals surface area contributed by atoms with Gasteiger partial charge in [-0.2, -0.15) is 5.26 Å². The first-order valence-corrected chi connectivity index (χ1v) is 8.33. The number of nitrogens with zero attached hydrogens (tertiary/aromatic N) is 2. The summed E-state index contributed by atoms with van der Waals surface area (Å²) in [5.41, 5.74) is 1.67. The quantitative estimate of drug-likeness (QED) is 0.643. The number of rotatable bonds is 1. The van der Waals surface area contributed by atoms with E-state index in [2.05, 4.69) is 11.1 Å². The second-order valence-corrected chi connectivity index (χ2v) is 6.62. The fourth-order valence-electron chi connectivity index (χ4n) is 3.23. The van der Waals surface area contributed by atoms with Gasteiger partial charge >= 0.3 is 0 Å². The van der Waals surface area contributed by atoms with Crippen molar-refractivity contribution >= 4 is 39.9 Å². The maximum Gasteiger partial charge on any atom is 0.205 e. The SMILES string of the molecule is N#CC1C(=N)Oc2c(ccc3cnccc23)C1c1ccc(Cl)c(Cl)c1. The maximum absolute atomic E-state index is 9.62. The van der Waals surface area contributed by atoms with Crippen LogP contribution in [0.3, 0.4) is 0 Å². The second kappa shape index (κ2) is 6.03. The summed E-state index contributed by atoms with van der Waals surface area (Å²) < 4.78 is 5.73. The van der Waals surface area contributed by atoms with E-state index in [4.69, 9.17) is 33.3 Å². The summed E-state index contributed by atoms with van der Waals surface area (Å²) in [6.45, 7) is 0. The molecule has 6 heteroatoms. The number of hydrogen-bond donors (Lipinski definition) is 1. The molecule has 2 atom stereocenters. The molecule has 122 valence electrons. The van der Waals surface area contributed by atoms with E-state index in [0.717, 1.165) is 21.9 Å². The molecule has 0 bridgehead atoms. The Morgan fingerprint density at radius 1 is 1.12 bits per heavy atom. The van der Waals surface area contributed by atoms with Crippen LogP contribution in [0.1, 0.15) is 17.0 Å². The first-order chi connectivity index (χ1) is 12.1. The molecule has 2 aromatic carbocycles. The Bertz CT molecular complexity index is 1060. The Kier molecular flexibility index (Phi) is 3.84. The fraction of sp³-hybridized carbons (Fsp3) is 0.105. The molecule has 3 aromatic rings. The Morgan fingerprint density at radius 2 is 1.96 bits per heavy atom. The third-order valence-corrected chi connectivity index (χ3v) is 5.14. The third-order valence-electron chi connectivity index (χ3n) is 4.41. The number of benzene rings is 2. The molecule has 1 aliphatic rings. The van der Waals surface area contributed by atoms with Gasteiger partial charge in [-0.15, -0.1) is 0 Å². The first-order valence-electron chi connectivity index (χ1n) is 7.57. The van der Waals surface area contributed by atoms with E-state index in [1.807, 2.05) is 24.3 Å². The molecule has 0 saturated carbocycles. The van der Waals surface area contributed by atoms with Gasteiger partial charge in [0.05, 0.1) is 16.1 Å². The fourth-order valence-corrected chi connectivity index (χ4v) is 3.54. The van der Waals surface area contributed by atoms with Crippen LogP contribution < -0.4 is 4.74 Å². The van der Waals surface area contributed by atoms with Crippen LogP contribution >= 0.6 is 23.2 Å². The molecular formula is C19H11Cl2N3O. The Labute approximate surface area is 154 Å². The predicted octanol–water partition coefficient (Wildman–Crippen LogP) is 5.18. The standard InChI is InChI=1S/C19H11Cl2N3O/c20-15-4-2-10(7-16(15)21)17-13-3-1-11-9-24-6-5-12(11)18(13)25-19(23)14(17)8-22/h1-7,9,14,17,23H. The van der Waals surface area contributed by atoms with Crippen molar-refractivity contribution in [3.8, 4) is 11.8 Å². The molecule has 1 aliphatic heterocycles. The van der Waals surface area contributed by atoms with E-state index in [-0.39, 0.29) is 11.8 Å². The molecule has 1 aromatic heterocycles.